The predicted molar refractivity (Wildman–Crippen MR) is 78.6 cm³/mol. The van der Waals surface area contributed by atoms with Crippen molar-refractivity contribution in [2.75, 3.05) is 6.54 Å². The Morgan fingerprint density at radius 2 is 1.95 bits per heavy atom. The van der Waals surface area contributed by atoms with Gasteiger partial charge in [0.2, 0.25) is 5.91 Å². The van der Waals surface area contributed by atoms with Gasteiger partial charge in [0.25, 0.3) is 0 Å². The summed E-state index contributed by atoms with van der Waals surface area (Å²) in [6.07, 6.45) is 1.61. The number of aromatic nitrogens is 1. The van der Waals surface area contributed by atoms with Gasteiger partial charge in [-0.25, -0.2) is 0 Å². The van der Waals surface area contributed by atoms with Gasteiger partial charge in [0, 0.05) is 22.7 Å². The molecule has 1 aromatic rings. The van der Waals surface area contributed by atoms with Crippen LogP contribution in [0.25, 0.3) is 0 Å². The number of amides is 1. The summed E-state index contributed by atoms with van der Waals surface area (Å²) in [6, 6.07) is 0. The highest BCUT2D eigenvalue weighted by molar-refractivity contribution is 7.09. The summed E-state index contributed by atoms with van der Waals surface area (Å²) in [5.41, 5.74) is 6.62. The minimum absolute atomic E-state index is 0.0680. The van der Waals surface area contributed by atoms with Gasteiger partial charge < -0.3 is 11.1 Å². The van der Waals surface area contributed by atoms with Crippen LogP contribution in [0, 0.1) is 13.8 Å². The first kappa shape index (κ1) is 15.9. The van der Waals surface area contributed by atoms with Crippen molar-refractivity contribution >= 4 is 17.2 Å². The standard InChI is InChI=1S/C13H23N3O2S/c1-5-13(14,6-2)8-15-11(17)7-16-9(3)10(4)19-12(16)18/h5-8,14H2,1-4H3,(H,15,17). The Bertz CT molecular complexity index is 500. The van der Waals surface area contributed by atoms with Crippen LogP contribution in [0.2, 0.25) is 0 Å². The third-order valence-electron chi connectivity index (χ3n) is 3.72. The van der Waals surface area contributed by atoms with Crippen molar-refractivity contribution < 1.29 is 4.79 Å². The zero-order valence-corrected chi connectivity index (χ0v) is 12.9. The van der Waals surface area contributed by atoms with Gasteiger partial charge in [0.15, 0.2) is 0 Å². The number of hydrogen-bond donors (Lipinski definition) is 2. The molecule has 6 heteroatoms. The molecule has 0 radical (unpaired) electrons. The van der Waals surface area contributed by atoms with Crippen molar-refractivity contribution in [3.8, 4) is 0 Å². The van der Waals surface area contributed by atoms with Crippen molar-refractivity contribution in [1.82, 2.24) is 9.88 Å². The van der Waals surface area contributed by atoms with Gasteiger partial charge in [-0.2, -0.15) is 0 Å². The molecule has 0 fully saturated rings. The van der Waals surface area contributed by atoms with Crippen molar-refractivity contribution in [2.45, 2.75) is 52.6 Å². The summed E-state index contributed by atoms with van der Waals surface area (Å²) in [6.45, 7) is 8.26. The molecule has 0 saturated heterocycles. The van der Waals surface area contributed by atoms with E-state index in [1.165, 1.54) is 15.9 Å². The molecule has 0 spiro atoms. The quantitative estimate of drug-likeness (QED) is 0.823. The van der Waals surface area contributed by atoms with Gasteiger partial charge in [-0.1, -0.05) is 25.2 Å². The second-order valence-electron chi connectivity index (χ2n) is 4.94. The van der Waals surface area contributed by atoms with Gasteiger partial charge in [-0.3, -0.25) is 14.2 Å². The van der Waals surface area contributed by atoms with E-state index in [2.05, 4.69) is 5.32 Å². The van der Waals surface area contributed by atoms with Crippen LogP contribution in [-0.4, -0.2) is 22.6 Å². The van der Waals surface area contributed by atoms with Crippen LogP contribution in [0.15, 0.2) is 4.79 Å². The largest absolute Gasteiger partial charge is 0.353 e. The third-order valence-corrected chi connectivity index (χ3v) is 4.72. The number of nitrogens with two attached hydrogens (primary N) is 1. The number of nitrogens with one attached hydrogen (secondary N) is 1. The average Bonchev–Trinajstić information content (AvgIpc) is 2.63. The fourth-order valence-corrected chi connectivity index (χ4v) is 2.58. The molecular weight excluding hydrogens is 262 g/mol. The molecule has 1 aromatic heterocycles. The van der Waals surface area contributed by atoms with Gasteiger partial charge in [-0.15, -0.1) is 0 Å². The Kier molecular flexibility index (Phi) is 5.31. The van der Waals surface area contributed by atoms with E-state index in [0.29, 0.717) is 6.54 Å². The Hall–Kier alpha value is -1.14. The summed E-state index contributed by atoms with van der Waals surface area (Å²) < 4.78 is 1.51. The minimum atomic E-state index is -0.361. The number of rotatable bonds is 6. The summed E-state index contributed by atoms with van der Waals surface area (Å²) in [4.78, 5) is 24.4. The first-order valence-corrected chi connectivity index (χ1v) is 7.37. The smallest absolute Gasteiger partial charge is 0.308 e. The highest BCUT2D eigenvalue weighted by atomic mass is 32.1. The molecule has 0 aliphatic heterocycles. The molecule has 1 heterocycles. The number of carbonyl (C=O) groups is 1. The molecule has 108 valence electrons. The van der Waals surface area contributed by atoms with Crippen LogP contribution in [0.5, 0.6) is 0 Å². The van der Waals surface area contributed by atoms with Crippen molar-refractivity contribution in [2.24, 2.45) is 5.73 Å². The molecule has 0 aromatic carbocycles. The zero-order valence-electron chi connectivity index (χ0n) is 12.1. The van der Waals surface area contributed by atoms with Gasteiger partial charge >= 0.3 is 4.87 Å². The first-order chi connectivity index (χ1) is 8.83. The maximum atomic E-state index is 11.9. The van der Waals surface area contributed by atoms with Crippen molar-refractivity contribution in [3.63, 3.8) is 0 Å². The lowest BCUT2D eigenvalue weighted by atomic mass is 9.94. The van der Waals surface area contributed by atoms with Crippen molar-refractivity contribution in [3.05, 3.63) is 20.2 Å². The average molecular weight is 285 g/mol. The van der Waals surface area contributed by atoms with Crippen LogP contribution in [0.4, 0.5) is 0 Å². The molecule has 0 bridgehead atoms. The summed E-state index contributed by atoms with van der Waals surface area (Å²) in [5.74, 6) is -0.167. The molecule has 0 saturated carbocycles. The molecule has 0 aliphatic carbocycles. The first-order valence-electron chi connectivity index (χ1n) is 6.55. The van der Waals surface area contributed by atoms with Gasteiger partial charge in [-0.05, 0) is 26.7 Å². The van der Waals surface area contributed by atoms with Crippen LogP contribution in [0.1, 0.15) is 37.3 Å². The van der Waals surface area contributed by atoms with E-state index < -0.39 is 0 Å². The molecule has 0 atom stereocenters. The van der Waals surface area contributed by atoms with Crippen LogP contribution in [0.3, 0.4) is 0 Å². The summed E-state index contributed by atoms with van der Waals surface area (Å²) in [5, 5.41) is 2.82. The van der Waals surface area contributed by atoms with Gasteiger partial charge in [0.05, 0.1) is 0 Å². The SMILES string of the molecule is CCC(N)(CC)CNC(=O)Cn1c(C)c(C)sc1=O. The number of carbonyl (C=O) groups excluding carboxylic acids is 1. The highest BCUT2D eigenvalue weighted by Crippen LogP contribution is 2.10. The summed E-state index contributed by atoms with van der Waals surface area (Å²) in [7, 11) is 0. The Morgan fingerprint density at radius 1 is 1.37 bits per heavy atom. The maximum absolute atomic E-state index is 11.9. The number of thiazole rings is 1. The monoisotopic (exact) mass is 285 g/mol. The Labute approximate surface area is 117 Å². The Morgan fingerprint density at radius 3 is 2.37 bits per heavy atom. The Balaban J connectivity index is 2.64. The lowest BCUT2D eigenvalue weighted by molar-refractivity contribution is -0.122. The summed E-state index contributed by atoms with van der Waals surface area (Å²) >= 11 is 1.17. The number of hydrogen-bond acceptors (Lipinski definition) is 4. The molecular formula is C13H23N3O2S. The molecule has 1 rings (SSSR count). The predicted octanol–water partition coefficient (Wildman–Crippen LogP) is 1.16. The molecule has 3 N–H and O–H groups in total. The van der Waals surface area contributed by atoms with Gasteiger partial charge in [0.1, 0.15) is 6.54 Å². The maximum Gasteiger partial charge on any atom is 0.308 e. The fourth-order valence-electron chi connectivity index (χ4n) is 1.74. The number of nitrogens with zero attached hydrogens (tertiary/aromatic N) is 1. The lowest BCUT2D eigenvalue weighted by Gasteiger charge is -2.26. The minimum Gasteiger partial charge on any atom is -0.353 e. The highest BCUT2D eigenvalue weighted by Gasteiger charge is 2.21. The van der Waals surface area contributed by atoms with Crippen molar-refractivity contribution in [1.29, 1.82) is 0 Å². The van der Waals surface area contributed by atoms with Crippen LogP contribution >= 0.6 is 11.3 Å². The topological polar surface area (TPSA) is 77.1 Å². The normalized spacial score (nSPS) is 11.6. The van der Waals surface area contributed by atoms with E-state index in [1.54, 1.807) is 0 Å². The van der Waals surface area contributed by atoms with Crippen LogP contribution < -0.4 is 15.9 Å². The second kappa shape index (κ2) is 6.34. The number of aryl methyl sites for hydroxylation is 1. The molecule has 5 nitrogen and oxygen atoms in total. The lowest BCUT2D eigenvalue weighted by Crippen LogP contribution is -2.50. The molecule has 0 unspecified atom stereocenters. The zero-order chi connectivity index (χ0) is 14.6. The van der Waals surface area contributed by atoms with E-state index >= 15 is 0 Å². The van der Waals surface area contributed by atoms with Crippen LogP contribution in [-0.2, 0) is 11.3 Å². The second-order valence-corrected chi connectivity index (χ2v) is 6.11. The fraction of sp³-hybridized carbons (Fsp3) is 0.692. The molecule has 0 aliphatic rings. The van der Waals surface area contributed by atoms with E-state index in [-0.39, 0.29) is 22.9 Å². The van der Waals surface area contributed by atoms with E-state index in [0.717, 1.165) is 23.4 Å². The molecule has 1 amide bonds. The third kappa shape index (κ3) is 3.91. The van der Waals surface area contributed by atoms with E-state index in [9.17, 15) is 9.59 Å². The van der Waals surface area contributed by atoms with E-state index in [1.807, 2.05) is 27.7 Å². The van der Waals surface area contributed by atoms with E-state index in [4.69, 9.17) is 5.73 Å². The molecule has 19 heavy (non-hydrogen) atoms.